The molecule has 2 aromatic rings. The minimum absolute atomic E-state index is 0.347. The first-order valence-electron chi connectivity index (χ1n) is 6.27. The lowest BCUT2D eigenvalue weighted by Gasteiger charge is -2.22. The van der Waals surface area contributed by atoms with Crippen molar-refractivity contribution in [3.8, 4) is 6.07 Å². The van der Waals surface area contributed by atoms with Crippen LogP contribution in [0, 0.1) is 17.2 Å². The molecular weight excluding hydrogens is 218 g/mol. The van der Waals surface area contributed by atoms with E-state index >= 15 is 0 Å². The molecule has 1 atom stereocenters. The van der Waals surface area contributed by atoms with E-state index in [-0.39, 0.29) is 0 Å². The molecule has 0 aromatic heterocycles. The molecule has 0 bridgehead atoms. The van der Waals surface area contributed by atoms with Crippen molar-refractivity contribution in [1.82, 2.24) is 0 Å². The van der Waals surface area contributed by atoms with Gasteiger partial charge in [-0.1, -0.05) is 56.3 Å². The number of nitriles is 1. The molecule has 0 fully saturated rings. The first-order valence-corrected chi connectivity index (χ1v) is 6.27. The van der Waals surface area contributed by atoms with Crippen molar-refractivity contribution >= 4 is 0 Å². The van der Waals surface area contributed by atoms with Crippen LogP contribution in [0.25, 0.3) is 0 Å². The molecule has 1 nitrogen and oxygen atoms in total. The minimum atomic E-state index is 0.347. The first-order chi connectivity index (χ1) is 8.72. The third kappa shape index (κ3) is 2.60. The number of benzene rings is 2. The molecule has 2 aromatic carbocycles. The van der Waals surface area contributed by atoms with Crippen LogP contribution in [0.5, 0.6) is 0 Å². The summed E-state index contributed by atoms with van der Waals surface area (Å²) in [7, 11) is 0. The maximum atomic E-state index is 9.00. The zero-order valence-corrected chi connectivity index (χ0v) is 10.8. The number of nitrogens with zero attached hydrogens (tertiary/aromatic N) is 1. The molecule has 18 heavy (non-hydrogen) atoms. The Morgan fingerprint density at radius 3 is 2.17 bits per heavy atom. The van der Waals surface area contributed by atoms with Crippen molar-refractivity contribution in [1.29, 1.82) is 5.26 Å². The molecule has 0 aliphatic carbocycles. The Hall–Kier alpha value is -2.07. The predicted octanol–water partition coefficient (Wildman–Crippen LogP) is 4.35. The smallest absolute Gasteiger partial charge is 0.0991 e. The second-order valence-electron chi connectivity index (χ2n) is 4.87. The van der Waals surface area contributed by atoms with Crippen LogP contribution in [-0.2, 0) is 0 Å². The van der Waals surface area contributed by atoms with Gasteiger partial charge in [0.15, 0.2) is 0 Å². The fourth-order valence-electron chi connectivity index (χ4n) is 2.42. The molecule has 0 aliphatic rings. The van der Waals surface area contributed by atoms with E-state index in [0.717, 1.165) is 5.56 Å². The minimum Gasteiger partial charge on any atom is -0.192 e. The van der Waals surface area contributed by atoms with E-state index in [1.54, 1.807) is 0 Å². The topological polar surface area (TPSA) is 23.8 Å². The molecule has 0 heterocycles. The second kappa shape index (κ2) is 5.51. The van der Waals surface area contributed by atoms with Gasteiger partial charge >= 0.3 is 0 Å². The van der Waals surface area contributed by atoms with Crippen molar-refractivity contribution < 1.29 is 0 Å². The quantitative estimate of drug-likeness (QED) is 0.776. The summed E-state index contributed by atoms with van der Waals surface area (Å²) < 4.78 is 0. The van der Waals surface area contributed by atoms with Crippen LogP contribution in [0.4, 0.5) is 0 Å². The van der Waals surface area contributed by atoms with E-state index in [9.17, 15) is 0 Å². The number of hydrogen-bond acceptors (Lipinski definition) is 1. The van der Waals surface area contributed by atoms with Gasteiger partial charge in [0.05, 0.1) is 11.6 Å². The molecule has 2 rings (SSSR count). The first kappa shape index (κ1) is 12.4. The van der Waals surface area contributed by atoms with Gasteiger partial charge in [0.1, 0.15) is 0 Å². The third-order valence-corrected chi connectivity index (χ3v) is 3.20. The van der Waals surface area contributed by atoms with Gasteiger partial charge < -0.3 is 0 Å². The Morgan fingerprint density at radius 1 is 0.889 bits per heavy atom. The zero-order valence-electron chi connectivity index (χ0n) is 10.8. The summed E-state index contributed by atoms with van der Waals surface area (Å²) in [4.78, 5) is 0. The van der Waals surface area contributed by atoms with Crippen molar-refractivity contribution in [2.45, 2.75) is 19.8 Å². The van der Waals surface area contributed by atoms with Crippen LogP contribution in [0.3, 0.4) is 0 Å². The molecule has 0 aliphatic heterocycles. The molecule has 0 amide bonds. The summed E-state index contributed by atoms with van der Waals surface area (Å²) in [6.45, 7) is 4.44. The van der Waals surface area contributed by atoms with Gasteiger partial charge in [0.25, 0.3) is 0 Å². The van der Waals surface area contributed by atoms with Crippen LogP contribution in [0.1, 0.15) is 36.5 Å². The van der Waals surface area contributed by atoms with E-state index < -0.39 is 0 Å². The van der Waals surface area contributed by atoms with Gasteiger partial charge in [-0.05, 0) is 29.2 Å². The molecule has 0 N–H and O–H groups in total. The van der Waals surface area contributed by atoms with E-state index in [0.29, 0.717) is 11.8 Å². The average molecular weight is 235 g/mol. The van der Waals surface area contributed by atoms with Crippen LogP contribution in [0.2, 0.25) is 0 Å². The fourth-order valence-corrected chi connectivity index (χ4v) is 2.42. The lowest BCUT2D eigenvalue weighted by molar-refractivity contribution is 0.564. The summed E-state index contributed by atoms with van der Waals surface area (Å²) in [6.07, 6.45) is 0. The maximum absolute atomic E-state index is 9.00. The van der Waals surface area contributed by atoms with E-state index in [1.165, 1.54) is 11.1 Å². The van der Waals surface area contributed by atoms with Crippen molar-refractivity contribution in [2.24, 2.45) is 5.92 Å². The van der Waals surface area contributed by atoms with Crippen LogP contribution in [0.15, 0.2) is 54.6 Å². The van der Waals surface area contributed by atoms with Gasteiger partial charge in [-0.2, -0.15) is 5.26 Å². The summed E-state index contributed by atoms with van der Waals surface area (Å²) in [5.74, 6) is 0.848. The fraction of sp³-hybridized carbons (Fsp3) is 0.235. The largest absolute Gasteiger partial charge is 0.192 e. The molecule has 0 unspecified atom stereocenters. The lowest BCUT2D eigenvalue weighted by Crippen LogP contribution is -2.08. The van der Waals surface area contributed by atoms with Crippen LogP contribution in [-0.4, -0.2) is 0 Å². The molecule has 0 radical (unpaired) electrons. The number of rotatable bonds is 3. The Balaban J connectivity index is 2.46. The molecule has 0 saturated heterocycles. The monoisotopic (exact) mass is 235 g/mol. The molecule has 1 heteroatoms. The van der Waals surface area contributed by atoms with Gasteiger partial charge in [0.2, 0.25) is 0 Å². The Kier molecular flexibility index (Phi) is 3.79. The van der Waals surface area contributed by atoms with Crippen LogP contribution >= 0.6 is 0 Å². The Bertz CT molecular complexity index is 549. The summed E-state index contributed by atoms with van der Waals surface area (Å²) in [5.41, 5.74) is 3.26. The maximum Gasteiger partial charge on any atom is 0.0991 e. The SMILES string of the molecule is CC(C)[C@@H](c1ccccc1)c1cccc(C#N)c1. The van der Waals surface area contributed by atoms with Crippen molar-refractivity contribution in [2.75, 3.05) is 0 Å². The summed E-state index contributed by atoms with van der Waals surface area (Å²) >= 11 is 0. The normalized spacial score (nSPS) is 12.1. The molecule has 0 saturated carbocycles. The highest BCUT2D eigenvalue weighted by Gasteiger charge is 2.17. The standard InChI is InChI=1S/C17H17N/c1-13(2)17(15-8-4-3-5-9-15)16-10-6-7-14(11-16)12-18/h3-11,13,17H,1-2H3/t17-/m0/s1. The lowest BCUT2D eigenvalue weighted by atomic mass is 9.82. The zero-order chi connectivity index (χ0) is 13.0. The predicted molar refractivity (Wildman–Crippen MR) is 74.3 cm³/mol. The van der Waals surface area contributed by atoms with E-state index in [4.69, 9.17) is 5.26 Å². The van der Waals surface area contributed by atoms with Crippen LogP contribution < -0.4 is 0 Å². The third-order valence-electron chi connectivity index (χ3n) is 3.20. The van der Waals surface area contributed by atoms with Gasteiger partial charge in [-0.15, -0.1) is 0 Å². The summed E-state index contributed by atoms with van der Waals surface area (Å²) in [5, 5.41) is 9.00. The highest BCUT2D eigenvalue weighted by Crippen LogP contribution is 2.31. The Labute approximate surface area is 109 Å². The number of hydrogen-bond donors (Lipinski definition) is 0. The highest BCUT2D eigenvalue weighted by atomic mass is 14.3. The summed E-state index contributed by atoms with van der Waals surface area (Å²) in [6, 6.07) is 20.6. The highest BCUT2D eigenvalue weighted by molar-refractivity contribution is 5.39. The molecule has 90 valence electrons. The van der Waals surface area contributed by atoms with E-state index in [1.807, 2.05) is 24.3 Å². The van der Waals surface area contributed by atoms with Gasteiger partial charge in [-0.25, -0.2) is 0 Å². The van der Waals surface area contributed by atoms with Crippen molar-refractivity contribution in [3.05, 3.63) is 71.3 Å². The molecule has 0 spiro atoms. The Morgan fingerprint density at radius 2 is 1.56 bits per heavy atom. The average Bonchev–Trinajstić information content (AvgIpc) is 2.40. The van der Waals surface area contributed by atoms with Crippen molar-refractivity contribution in [3.63, 3.8) is 0 Å². The van der Waals surface area contributed by atoms with Gasteiger partial charge in [0, 0.05) is 5.92 Å². The second-order valence-corrected chi connectivity index (χ2v) is 4.87. The van der Waals surface area contributed by atoms with Gasteiger partial charge in [-0.3, -0.25) is 0 Å². The van der Waals surface area contributed by atoms with E-state index in [2.05, 4.69) is 50.2 Å². The molecular formula is C17H17N.